The third-order valence-electron chi connectivity index (χ3n) is 2.06. The summed E-state index contributed by atoms with van der Waals surface area (Å²) in [6.45, 7) is 0.233. The molecule has 0 atom stereocenters. The molecule has 0 radical (unpaired) electrons. The number of nitrogens with one attached hydrogen (secondary N) is 2. The molecule has 0 aliphatic rings. The van der Waals surface area contributed by atoms with Crippen LogP contribution in [0.25, 0.3) is 0 Å². The molecule has 0 spiro atoms. The Morgan fingerprint density at radius 3 is 2.39 bits per heavy atom. The van der Waals surface area contributed by atoms with Crippen molar-refractivity contribution >= 4 is 27.4 Å². The van der Waals surface area contributed by atoms with E-state index in [2.05, 4.69) is 10.6 Å². The van der Waals surface area contributed by atoms with Crippen molar-refractivity contribution in [2.75, 3.05) is 23.3 Å². The Kier molecular flexibility index (Phi) is 4.93. The van der Waals surface area contributed by atoms with Gasteiger partial charge in [-0.15, -0.1) is 0 Å². The van der Waals surface area contributed by atoms with Crippen LogP contribution in [-0.2, 0) is 10.0 Å². The zero-order chi connectivity index (χ0) is 13.6. The average Bonchev–Trinajstić information content (AvgIpc) is 2.26. The summed E-state index contributed by atoms with van der Waals surface area (Å²) < 4.78 is 21.3. The third-order valence-corrected chi connectivity index (χ3v) is 2.92. The maximum atomic E-state index is 11.4. The van der Waals surface area contributed by atoms with E-state index < -0.39 is 16.1 Å². The summed E-state index contributed by atoms with van der Waals surface area (Å²) in [6.07, 6.45) is 0.272. The van der Waals surface area contributed by atoms with Gasteiger partial charge in [0.25, 0.3) is 0 Å². The second kappa shape index (κ2) is 6.22. The van der Waals surface area contributed by atoms with E-state index in [1.165, 1.54) is 0 Å². The van der Waals surface area contributed by atoms with Crippen LogP contribution in [-0.4, -0.2) is 26.7 Å². The Bertz CT molecular complexity index is 498. The van der Waals surface area contributed by atoms with Crippen molar-refractivity contribution in [3.05, 3.63) is 24.3 Å². The largest absolute Gasteiger partial charge is 0.399 e. The van der Waals surface area contributed by atoms with Gasteiger partial charge >= 0.3 is 6.03 Å². The molecule has 1 aromatic carbocycles. The number of anilines is 2. The van der Waals surface area contributed by atoms with Crippen LogP contribution in [0.1, 0.15) is 6.42 Å². The Hall–Kier alpha value is -1.80. The molecule has 0 fully saturated rings. The SMILES string of the molecule is Nc1ccc(NC(=O)NCCCS(N)(=O)=O)cc1. The van der Waals surface area contributed by atoms with Crippen molar-refractivity contribution in [3.63, 3.8) is 0 Å². The normalized spacial score (nSPS) is 10.9. The highest BCUT2D eigenvalue weighted by Gasteiger charge is 2.04. The van der Waals surface area contributed by atoms with Gasteiger partial charge in [-0.25, -0.2) is 18.4 Å². The second-order valence-electron chi connectivity index (χ2n) is 3.72. The summed E-state index contributed by atoms with van der Waals surface area (Å²) in [5, 5.41) is 9.92. The number of hydrogen-bond donors (Lipinski definition) is 4. The fraction of sp³-hybridized carbons (Fsp3) is 0.300. The fourth-order valence-corrected chi connectivity index (χ4v) is 1.76. The summed E-state index contributed by atoms with van der Waals surface area (Å²) >= 11 is 0. The van der Waals surface area contributed by atoms with E-state index in [1.807, 2.05) is 0 Å². The fourth-order valence-electron chi connectivity index (χ4n) is 1.22. The number of sulfonamides is 1. The quantitative estimate of drug-likeness (QED) is 0.446. The number of carbonyl (C=O) groups excluding carboxylic acids is 1. The predicted molar refractivity (Wildman–Crippen MR) is 70.5 cm³/mol. The summed E-state index contributed by atoms with van der Waals surface area (Å²) in [7, 11) is -3.47. The maximum absolute atomic E-state index is 11.4. The number of amides is 2. The molecule has 8 heteroatoms. The molecule has 1 aromatic rings. The van der Waals surface area contributed by atoms with Crippen molar-refractivity contribution in [1.29, 1.82) is 0 Å². The predicted octanol–water partition coefficient (Wildman–Crippen LogP) is 0.0689. The van der Waals surface area contributed by atoms with E-state index in [0.717, 1.165) is 0 Å². The highest BCUT2D eigenvalue weighted by molar-refractivity contribution is 7.89. The molecular weight excluding hydrogens is 256 g/mol. The molecule has 1 rings (SSSR count). The van der Waals surface area contributed by atoms with Gasteiger partial charge in [-0.2, -0.15) is 0 Å². The van der Waals surface area contributed by atoms with Crippen LogP contribution in [0.15, 0.2) is 24.3 Å². The minimum atomic E-state index is -3.47. The van der Waals surface area contributed by atoms with Gasteiger partial charge in [-0.1, -0.05) is 0 Å². The molecule has 6 N–H and O–H groups in total. The van der Waals surface area contributed by atoms with Crippen LogP contribution >= 0.6 is 0 Å². The summed E-state index contributed by atoms with van der Waals surface area (Å²) in [4.78, 5) is 11.4. The molecule has 0 aromatic heterocycles. The van der Waals surface area contributed by atoms with Crippen molar-refractivity contribution < 1.29 is 13.2 Å². The van der Waals surface area contributed by atoms with E-state index in [-0.39, 0.29) is 18.7 Å². The number of rotatable bonds is 5. The molecule has 2 amide bonds. The molecule has 0 aliphatic carbocycles. The highest BCUT2D eigenvalue weighted by atomic mass is 32.2. The van der Waals surface area contributed by atoms with Gasteiger partial charge in [0.1, 0.15) is 0 Å². The number of benzene rings is 1. The molecule has 0 unspecified atom stereocenters. The first kappa shape index (κ1) is 14.3. The smallest absolute Gasteiger partial charge is 0.319 e. The van der Waals surface area contributed by atoms with Gasteiger partial charge in [-0.05, 0) is 30.7 Å². The van der Waals surface area contributed by atoms with E-state index >= 15 is 0 Å². The Morgan fingerprint density at radius 2 is 1.83 bits per heavy atom. The van der Waals surface area contributed by atoms with Crippen molar-refractivity contribution in [2.24, 2.45) is 5.14 Å². The lowest BCUT2D eigenvalue weighted by Gasteiger charge is -2.07. The Morgan fingerprint density at radius 1 is 1.22 bits per heavy atom. The molecule has 0 bridgehead atoms. The Balaban J connectivity index is 2.28. The van der Waals surface area contributed by atoms with Gasteiger partial charge in [-0.3, -0.25) is 0 Å². The Labute approximate surface area is 106 Å². The van der Waals surface area contributed by atoms with E-state index in [4.69, 9.17) is 10.9 Å². The molecule has 18 heavy (non-hydrogen) atoms. The number of nitrogens with two attached hydrogens (primary N) is 2. The van der Waals surface area contributed by atoms with E-state index in [1.54, 1.807) is 24.3 Å². The van der Waals surface area contributed by atoms with Crippen LogP contribution < -0.4 is 21.5 Å². The molecule has 0 saturated carbocycles. The maximum Gasteiger partial charge on any atom is 0.319 e. The van der Waals surface area contributed by atoms with Gasteiger partial charge < -0.3 is 16.4 Å². The molecular formula is C10H16N4O3S. The number of nitrogen functional groups attached to an aromatic ring is 1. The molecule has 100 valence electrons. The van der Waals surface area contributed by atoms with Crippen LogP contribution in [0.2, 0.25) is 0 Å². The van der Waals surface area contributed by atoms with Gasteiger partial charge in [0.05, 0.1) is 5.75 Å². The van der Waals surface area contributed by atoms with Crippen molar-refractivity contribution in [3.8, 4) is 0 Å². The number of carbonyl (C=O) groups is 1. The number of urea groups is 1. The van der Waals surface area contributed by atoms with Crippen LogP contribution in [0.4, 0.5) is 16.2 Å². The van der Waals surface area contributed by atoms with E-state index in [9.17, 15) is 13.2 Å². The number of primary sulfonamides is 1. The minimum absolute atomic E-state index is 0.158. The summed E-state index contributed by atoms with van der Waals surface area (Å²) in [6, 6.07) is 6.25. The van der Waals surface area contributed by atoms with Crippen molar-refractivity contribution in [1.82, 2.24) is 5.32 Å². The molecule has 0 aliphatic heterocycles. The number of hydrogen-bond acceptors (Lipinski definition) is 4. The second-order valence-corrected chi connectivity index (χ2v) is 5.46. The van der Waals surface area contributed by atoms with E-state index in [0.29, 0.717) is 11.4 Å². The summed E-state index contributed by atoms with van der Waals surface area (Å²) in [5.41, 5.74) is 6.71. The van der Waals surface area contributed by atoms with Crippen LogP contribution in [0.5, 0.6) is 0 Å². The first-order valence-corrected chi connectivity index (χ1v) is 6.99. The lowest BCUT2D eigenvalue weighted by atomic mass is 10.3. The molecule has 0 saturated heterocycles. The van der Waals surface area contributed by atoms with Crippen LogP contribution in [0.3, 0.4) is 0 Å². The van der Waals surface area contributed by atoms with Crippen molar-refractivity contribution in [2.45, 2.75) is 6.42 Å². The first-order valence-electron chi connectivity index (χ1n) is 5.28. The molecule has 0 heterocycles. The zero-order valence-corrected chi connectivity index (χ0v) is 10.5. The lowest BCUT2D eigenvalue weighted by Crippen LogP contribution is -2.31. The third kappa shape index (κ3) is 6.06. The zero-order valence-electron chi connectivity index (χ0n) is 9.72. The monoisotopic (exact) mass is 272 g/mol. The lowest BCUT2D eigenvalue weighted by molar-refractivity contribution is 0.252. The highest BCUT2D eigenvalue weighted by Crippen LogP contribution is 2.09. The molecule has 7 nitrogen and oxygen atoms in total. The van der Waals surface area contributed by atoms with Gasteiger partial charge in [0.15, 0.2) is 0 Å². The van der Waals surface area contributed by atoms with Gasteiger partial charge in [0.2, 0.25) is 10.0 Å². The minimum Gasteiger partial charge on any atom is -0.399 e. The standard InChI is InChI=1S/C10H16N4O3S/c11-8-2-4-9(5-3-8)14-10(15)13-6-1-7-18(12,16)17/h2-5H,1,6-7,11H2,(H2,12,16,17)(H2,13,14,15). The summed E-state index contributed by atoms with van der Waals surface area (Å²) in [5.74, 6) is -0.158. The van der Waals surface area contributed by atoms with Crippen LogP contribution in [0, 0.1) is 0 Å². The average molecular weight is 272 g/mol. The van der Waals surface area contributed by atoms with Gasteiger partial charge in [0, 0.05) is 17.9 Å². The first-order chi connectivity index (χ1) is 8.37. The topological polar surface area (TPSA) is 127 Å².